The van der Waals surface area contributed by atoms with Gasteiger partial charge in [0.1, 0.15) is 6.07 Å². The first kappa shape index (κ1) is 13.3. The summed E-state index contributed by atoms with van der Waals surface area (Å²) in [5.74, 6) is 0. The fourth-order valence-corrected chi connectivity index (χ4v) is 1.57. The molecule has 0 saturated carbocycles. The molecule has 0 radical (unpaired) electrons. The molecule has 1 atom stereocenters. The molecule has 92 valence electrons. The molecule has 3 N–H and O–H groups in total. The minimum Gasteiger partial charge on any atom is -0.399 e. The van der Waals surface area contributed by atoms with Crippen LogP contribution in [0.4, 0.5) is 11.4 Å². The van der Waals surface area contributed by atoms with Crippen LogP contribution < -0.4 is 11.1 Å². The van der Waals surface area contributed by atoms with Crippen LogP contribution in [0.3, 0.4) is 0 Å². The normalized spacial score (nSPS) is 12.2. The Bertz CT molecular complexity index is 406. The summed E-state index contributed by atoms with van der Waals surface area (Å²) in [6, 6.07) is 7.84. The summed E-state index contributed by atoms with van der Waals surface area (Å²) >= 11 is 0. The first-order chi connectivity index (χ1) is 8.02. The quantitative estimate of drug-likeness (QED) is 0.761. The van der Waals surface area contributed by atoms with Crippen LogP contribution in [0.1, 0.15) is 18.9 Å². The van der Waals surface area contributed by atoms with Gasteiger partial charge >= 0.3 is 0 Å². The summed E-state index contributed by atoms with van der Waals surface area (Å²) in [7, 11) is 4.10. The van der Waals surface area contributed by atoms with Crippen LogP contribution >= 0.6 is 0 Å². The molecule has 0 bridgehead atoms. The van der Waals surface area contributed by atoms with Crippen molar-refractivity contribution < 1.29 is 0 Å². The Balaban J connectivity index is 2.65. The Kier molecular flexibility index (Phi) is 4.80. The third-order valence-corrected chi connectivity index (χ3v) is 2.58. The molecule has 0 aliphatic heterocycles. The molecule has 0 spiro atoms. The Labute approximate surface area is 103 Å². The summed E-state index contributed by atoms with van der Waals surface area (Å²) in [4.78, 5) is 2.15. The Morgan fingerprint density at radius 1 is 1.47 bits per heavy atom. The van der Waals surface area contributed by atoms with Gasteiger partial charge in [0, 0.05) is 11.7 Å². The van der Waals surface area contributed by atoms with Crippen LogP contribution in [0, 0.1) is 11.3 Å². The number of anilines is 2. The minimum absolute atomic E-state index is 0.327. The highest BCUT2D eigenvalue weighted by atomic mass is 15.1. The molecule has 0 saturated heterocycles. The lowest BCUT2D eigenvalue weighted by Crippen LogP contribution is -2.23. The molecule has 1 unspecified atom stereocenters. The summed E-state index contributed by atoms with van der Waals surface area (Å²) in [6.45, 7) is 3.13. The van der Waals surface area contributed by atoms with Gasteiger partial charge in [-0.1, -0.05) is 0 Å². The smallest absolute Gasteiger partial charge is 0.101 e. The molecule has 0 aromatic heterocycles. The molecule has 0 amide bonds. The van der Waals surface area contributed by atoms with Gasteiger partial charge in [0.2, 0.25) is 0 Å². The molecule has 0 fully saturated rings. The largest absolute Gasteiger partial charge is 0.399 e. The second-order valence-electron chi connectivity index (χ2n) is 4.55. The molecule has 1 rings (SSSR count). The van der Waals surface area contributed by atoms with Gasteiger partial charge in [-0.15, -0.1) is 0 Å². The van der Waals surface area contributed by atoms with E-state index in [-0.39, 0.29) is 0 Å². The molecular formula is C13H20N4. The number of hydrogen-bond acceptors (Lipinski definition) is 4. The number of benzene rings is 1. The lowest BCUT2D eigenvalue weighted by molar-refractivity contribution is 0.390. The topological polar surface area (TPSA) is 65.1 Å². The fourth-order valence-electron chi connectivity index (χ4n) is 1.57. The predicted molar refractivity (Wildman–Crippen MR) is 71.8 cm³/mol. The molecule has 1 aromatic carbocycles. The fraction of sp³-hybridized carbons (Fsp3) is 0.462. The van der Waals surface area contributed by atoms with Crippen molar-refractivity contribution in [2.24, 2.45) is 0 Å². The molecule has 4 nitrogen and oxygen atoms in total. The molecule has 0 aliphatic rings. The standard InChI is InChI=1S/C13H20N4/c1-10(6-7-17(2)3)16-13-5-4-12(15)8-11(13)9-14/h4-5,8,10,16H,6-7,15H2,1-3H3. The monoisotopic (exact) mass is 232 g/mol. The van der Waals surface area contributed by atoms with Crippen LogP contribution in [0.25, 0.3) is 0 Å². The van der Waals surface area contributed by atoms with E-state index in [0.717, 1.165) is 18.7 Å². The Morgan fingerprint density at radius 3 is 2.76 bits per heavy atom. The van der Waals surface area contributed by atoms with Gasteiger partial charge in [-0.25, -0.2) is 0 Å². The summed E-state index contributed by atoms with van der Waals surface area (Å²) in [5.41, 5.74) is 7.72. The number of nitrogens with two attached hydrogens (primary N) is 1. The minimum atomic E-state index is 0.327. The Hall–Kier alpha value is -1.73. The van der Waals surface area contributed by atoms with E-state index in [1.807, 2.05) is 12.1 Å². The van der Waals surface area contributed by atoms with Crippen LogP contribution in [-0.2, 0) is 0 Å². The van der Waals surface area contributed by atoms with Gasteiger partial charge in [-0.2, -0.15) is 5.26 Å². The van der Waals surface area contributed by atoms with E-state index in [2.05, 4.69) is 37.3 Å². The summed E-state index contributed by atoms with van der Waals surface area (Å²) in [5, 5.41) is 12.4. The van der Waals surface area contributed by atoms with Gasteiger partial charge in [0.05, 0.1) is 11.3 Å². The SMILES string of the molecule is CC(CCN(C)C)Nc1ccc(N)cc1C#N. The van der Waals surface area contributed by atoms with Gasteiger partial charge in [-0.05, 0) is 52.2 Å². The highest BCUT2D eigenvalue weighted by Crippen LogP contribution is 2.19. The third kappa shape index (κ3) is 4.33. The molecule has 0 heterocycles. The van der Waals surface area contributed by atoms with E-state index in [1.165, 1.54) is 0 Å². The van der Waals surface area contributed by atoms with Crippen molar-refractivity contribution in [1.29, 1.82) is 5.26 Å². The first-order valence-corrected chi connectivity index (χ1v) is 5.74. The van der Waals surface area contributed by atoms with E-state index >= 15 is 0 Å². The number of nitrogen functional groups attached to an aromatic ring is 1. The summed E-state index contributed by atoms with van der Waals surface area (Å²) in [6.07, 6.45) is 1.03. The second-order valence-corrected chi connectivity index (χ2v) is 4.55. The maximum Gasteiger partial charge on any atom is 0.101 e. The van der Waals surface area contributed by atoms with Gasteiger partial charge in [-0.3, -0.25) is 0 Å². The summed E-state index contributed by atoms with van der Waals surface area (Å²) < 4.78 is 0. The molecule has 1 aromatic rings. The van der Waals surface area contributed by atoms with E-state index in [0.29, 0.717) is 17.3 Å². The number of nitrogens with one attached hydrogen (secondary N) is 1. The van der Waals surface area contributed by atoms with Crippen LogP contribution in [0.2, 0.25) is 0 Å². The maximum atomic E-state index is 9.02. The third-order valence-electron chi connectivity index (χ3n) is 2.58. The molecular weight excluding hydrogens is 212 g/mol. The average molecular weight is 232 g/mol. The lowest BCUT2D eigenvalue weighted by Gasteiger charge is -2.18. The predicted octanol–water partition coefficient (Wildman–Crippen LogP) is 1.89. The van der Waals surface area contributed by atoms with Gasteiger partial charge in [0.25, 0.3) is 0 Å². The zero-order chi connectivity index (χ0) is 12.8. The molecule has 0 aliphatic carbocycles. The second kappa shape index (κ2) is 6.12. The lowest BCUT2D eigenvalue weighted by atomic mass is 10.1. The number of hydrogen-bond donors (Lipinski definition) is 2. The van der Waals surface area contributed by atoms with E-state index in [9.17, 15) is 0 Å². The molecule has 4 heteroatoms. The van der Waals surface area contributed by atoms with E-state index in [4.69, 9.17) is 11.0 Å². The van der Waals surface area contributed by atoms with Crippen molar-refractivity contribution >= 4 is 11.4 Å². The highest BCUT2D eigenvalue weighted by molar-refractivity contribution is 5.63. The average Bonchev–Trinajstić information content (AvgIpc) is 2.28. The van der Waals surface area contributed by atoms with Crippen molar-refractivity contribution in [1.82, 2.24) is 4.90 Å². The van der Waals surface area contributed by atoms with Crippen LogP contribution in [0.15, 0.2) is 18.2 Å². The maximum absolute atomic E-state index is 9.02. The number of rotatable bonds is 5. The molecule has 17 heavy (non-hydrogen) atoms. The van der Waals surface area contributed by atoms with E-state index < -0.39 is 0 Å². The van der Waals surface area contributed by atoms with E-state index in [1.54, 1.807) is 6.07 Å². The van der Waals surface area contributed by atoms with Crippen molar-refractivity contribution in [2.45, 2.75) is 19.4 Å². The van der Waals surface area contributed by atoms with Crippen molar-refractivity contribution in [2.75, 3.05) is 31.7 Å². The first-order valence-electron chi connectivity index (χ1n) is 5.74. The van der Waals surface area contributed by atoms with Crippen LogP contribution in [0.5, 0.6) is 0 Å². The number of nitriles is 1. The highest BCUT2D eigenvalue weighted by Gasteiger charge is 2.07. The van der Waals surface area contributed by atoms with Crippen molar-refractivity contribution in [3.8, 4) is 6.07 Å². The van der Waals surface area contributed by atoms with Crippen molar-refractivity contribution in [3.63, 3.8) is 0 Å². The number of nitrogens with zero attached hydrogens (tertiary/aromatic N) is 2. The van der Waals surface area contributed by atoms with Gasteiger partial charge < -0.3 is 16.0 Å². The Morgan fingerprint density at radius 2 is 2.18 bits per heavy atom. The van der Waals surface area contributed by atoms with Gasteiger partial charge in [0.15, 0.2) is 0 Å². The van der Waals surface area contributed by atoms with Crippen molar-refractivity contribution in [3.05, 3.63) is 23.8 Å². The zero-order valence-electron chi connectivity index (χ0n) is 10.7. The zero-order valence-corrected chi connectivity index (χ0v) is 10.7. The van der Waals surface area contributed by atoms with Crippen LogP contribution in [-0.4, -0.2) is 31.6 Å².